The number of benzene rings is 2. The Bertz CT molecular complexity index is 790. The average molecular weight is 233 g/mol. The third kappa shape index (κ3) is 1.20. The maximum Gasteiger partial charge on any atom is 0.135 e. The van der Waals surface area contributed by atoms with Crippen molar-refractivity contribution < 1.29 is 4.74 Å². The van der Waals surface area contributed by atoms with Gasteiger partial charge in [-0.25, -0.2) is 0 Å². The predicted octanol–water partition coefficient (Wildman–Crippen LogP) is 3.79. The van der Waals surface area contributed by atoms with Gasteiger partial charge in [-0.2, -0.15) is 0 Å². The quantitative estimate of drug-likeness (QED) is 0.551. The minimum Gasteiger partial charge on any atom is -0.488 e. The zero-order valence-electron chi connectivity index (χ0n) is 9.76. The second-order valence-corrected chi connectivity index (χ2v) is 4.40. The highest BCUT2D eigenvalue weighted by Crippen LogP contribution is 2.39. The summed E-state index contributed by atoms with van der Waals surface area (Å²) in [5.74, 6) is 0.980. The van der Waals surface area contributed by atoms with Crippen molar-refractivity contribution in [2.45, 2.75) is 0 Å². The van der Waals surface area contributed by atoms with Gasteiger partial charge >= 0.3 is 0 Å². The summed E-state index contributed by atoms with van der Waals surface area (Å²) in [7, 11) is 0. The molecule has 1 aliphatic rings. The van der Waals surface area contributed by atoms with Crippen LogP contribution in [0, 0.1) is 0 Å². The molecule has 0 bridgehead atoms. The summed E-state index contributed by atoms with van der Waals surface area (Å²) in [5.41, 5.74) is 2.19. The molecule has 2 heterocycles. The summed E-state index contributed by atoms with van der Waals surface area (Å²) in [5, 5.41) is 3.45. The Morgan fingerprint density at radius 3 is 2.72 bits per heavy atom. The molecule has 0 atom stereocenters. The van der Waals surface area contributed by atoms with Crippen LogP contribution >= 0.6 is 0 Å². The molecular formula is C16H11NO. The number of hydrogen-bond donors (Lipinski definition) is 0. The van der Waals surface area contributed by atoms with Crippen molar-refractivity contribution in [2.75, 3.05) is 6.61 Å². The first-order chi connectivity index (χ1) is 8.95. The highest BCUT2D eigenvalue weighted by Gasteiger charge is 2.15. The molecule has 0 spiro atoms. The molecule has 86 valence electrons. The molecule has 2 aromatic carbocycles. The van der Waals surface area contributed by atoms with Crippen LogP contribution in [0.5, 0.6) is 5.75 Å². The summed E-state index contributed by atoms with van der Waals surface area (Å²) in [6.45, 7) is 0.642. The maximum atomic E-state index is 5.83. The number of fused-ring (bicyclic) bond motifs is 6. The zero-order chi connectivity index (χ0) is 11.9. The molecule has 3 aromatic rings. The van der Waals surface area contributed by atoms with Crippen LogP contribution in [0.2, 0.25) is 0 Å². The Morgan fingerprint density at radius 2 is 1.78 bits per heavy atom. The van der Waals surface area contributed by atoms with E-state index in [0.717, 1.165) is 33.0 Å². The fraction of sp³-hybridized carbons (Fsp3) is 0.0625. The Balaban J connectivity index is 2.33. The van der Waals surface area contributed by atoms with Crippen molar-refractivity contribution in [2.24, 2.45) is 0 Å². The topological polar surface area (TPSA) is 22.1 Å². The minimum absolute atomic E-state index is 0.642. The van der Waals surface area contributed by atoms with E-state index in [1.54, 1.807) is 0 Å². The van der Waals surface area contributed by atoms with Crippen molar-refractivity contribution in [3.8, 4) is 5.75 Å². The van der Waals surface area contributed by atoms with Crippen LogP contribution in [0.15, 0.2) is 48.7 Å². The van der Waals surface area contributed by atoms with E-state index in [1.807, 2.05) is 30.5 Å². The van der Waals surface area contributed by atoms with Gasteiger partial charge in [0.05, 0.1) is 5.52 Å². The Kier molecular flexibility index (Phi) is 1.92. The van der Waals surface area contributed by atoms with Crippen LogP contribution < -0.4 is 4.74 Å². The summed E-state index contributed by atoms with van der Waals surface area (Å²) >= 11 is 0. The molecule has 18 heavy (non-hydrogen) atoms. The largest absolute Gasteiger partial charge is 0.488 e. The van der Waals surface area contributed by atoms with Gasteiger partial charge in [-0.1, -0.05) is 36.4 Å². The van der Waals surface area contributed by atoms with Crippen LogP contribution in [0.4, 0.5) is 0 Å². The van der Waals surface area contributed by atoms with Crippen molar-refractivity contribution in [3.05, 3.63) is 54.2 Å². The Morgan fingerprint density at radius 1 is 0.944 bits per heavy atom. The van der Waals surface area contributed by atoms with Crippen LogP contribution in [-0.4, -0.2) is 11.6 Å². The molecule has 0 saturated heterocycles. The first kappa shape index (κ1) is 9.66. The molecule has 1 aliphatic heterocycles. The number of nitrogens with zero attached hydrogens (tertiary/aromatic N) is 1. The van der Waals surface area contributed by atoms with E-state index < -0.39 is 0 Å². The SMILES string of the molecule is C1=Cc2c(c3ccccc3c3ncccc23)OC1. The van der Waals surface area contributed by atoms with Gasteiger partial charge in [0.1, 0.15) is 12.4 Å². The van der Waals surface area contributed by atoms with Crippen LogP contribution in [-0.2, 0) is 0 Å². The molecule has 2 heteroatoms. The molecule has 0 fully saturated rings. The van der Waals surface area contributed by atoms with Crippen molar-refractivity contribution in [1.82, 2.24) is 4.98 Å². The van der Waals surface area contributed by atoms with Gasteiger partial charge < -0.3 is 4.74 Å². The third-order valence-electron chi connectivity index (χ3n) is 3.38. The molecule has 1 aromatic heterocycles. The number of aromatic nitrogens is 1. The van der Waals surface area contributed by atoms with E-state index in [2.05, 4.69) is 29.3 Å². The fourth-order valence-electron chi connectivity index (χ4n) is 2.61. The summed E-state index contributed by atoms with van der Waals surface area (Å²) in [6, 6.07) is 12.4. The van der Waals surface area contributed by atoms with E-state index in [-0.39, 0.29) is 0 Å². The summed E-state index contributed by atoms with van der Waals surface area (Å²) in [6.07, 6.45) is 6.02. The van der Waals surface area contributed by atoms with Crippen molar-refractivity contribution in [3.63, 3.8) is 0 Å². The number of rotatable bonds is 0. The van der Waals surface area contributed by atoms with Crippen LogP contribution in [0.25, 0.3) is 27.8 Å². The molecule has 2 nitrogen and oxygen atoms in total. The molecule has 4 rings (SSSR count). The summed E-state index contributed by atoms with van der Waals surface area (Å²) < 4.78 is 5.83. The lowest BCUT2D eigenvalue weighted by Gasteiger charge is -2.17. The van der Waals surface area contributed by atoms with Gasteiger partial charge in [0.15, 0.2) is 0 Å². The lowest BCUT2D eigenvalue weighted by molar-refractivity contribution is 0.363. The second-order valence-electron chi connectivity index (χ2n) is 4.40. The van der Waals surface area contributed by atoms with Gasteiger partial charge in [-0.3, -0.25) is 4.98 Å². The van der Waals surface area contributed by atoms with Gasteiger partial charge in [-0.05, 0) is 12.1 Å². The second kappa shape index (κ2) is 3.57. The highest BCUT2D eigenvalue weighted by atomic mass is 16.5. The molecule has 0 unspecified atom stereocenters. The first-order valence-corrected chi connectivity index (χ1v) is 6.04. The molecule has 0 N–H and O–H groups in total. The fourth-order valence-corrected chi connectivity index (χ4v) is 2.61. The molecule has 0 radical (unpaired) electrons. The Hall–Kier alpha value is -2.35. The zero-order valence-corrected chi connectivity index (χ0v) is 9.76. The first-order valence-electron chi connectivity index (χ1n) is 6.04. The third-order valence-corrected chi connectivity index (χ3v) is 3.38. The lowest BCUT2D eigenvalue weighted by Crippen LogP contribution is -2.02. The van der Waals surface area contributed by atoms with Gasteiger partial charge in [0, 0.05) is 27.9 Å². The average Bonchev–Trinajstić information content (AvgIpc) is 2.48. The minimum atomic E-state index is 0.642. The Labute approximate surface area is 105 Å². The normalized spacial score (nSPS) is 13.6. The van der Waals surface area contributed by atoms with E-state index in [9.17, 15) is 0 Å². The predicted molar refractivity (Wildman–Crippen MR) is 73.8 cm³/mol. The lowest BCUT2D eigenvalue weighted by atomic mass is 9.98. The molecule has 0 amide bonds. The standard InChI is InChI=1S/C16H11NO/c1-2-6-13-11(5-1)15-12(7-3-9-17-15)14-8-4-10-18-16(13)14/h1-9H,10H2. The number of hydrogen-bond acceptors (Lipinski definition) is 2. The van der Waals surface area contributed by atoms with E-state index in [4.69, 9.17) is 4.74 Å². The molecular weight excluding hydrogens is 222 g/mol. The smallest absolute Gasteiger partial charge is 0.135 e. The van der Waals surface area contributed by atoms with Crippen LogP contribution in [0.3, 0.4) is 0 Å². The number of pyridine rings is 1. The van der Waals surface area contributed by atoms with Gasteiger partial charge in [0.25, 0.3) is 0 Å². The monoisotopic (exact) mass is 233 g/mol. The molecule has 0 saturated carbocycles. The summed E-state index contributed by atoms with van der Waals surface area (Å²) in [4.78, 5) is 4.53. The molecule has 0 aliphatic carbocycles. The van der Waals surface area contributed by atoms with Crippen LogP contribution in [0.1, 0.15) is 5.56 Å². The van der Waals surface area contributed by atoms with Gasteiger partial charge in [-0.15, -0.1) is 0 Å². The maximum absolute atomic E-state index is 5.83. The highest BCUT2D eigenvalue weighted by molar-refractivity contribution is 6.12. The van der Waals surface area contributed by atoms with E-state index in [0.29, 0.717) is 6.61 Å². The van der Waals surface area contributed by atoms with E-state index >= 15 is 0 Å². The van der Waals surface area contributed by atoms with Gasteiger partial charge in [0.2, 0.25) is 0 Å². The van der Waals surface area contributed by atoms with E-state index in [1.165, 1.54) is 0 Å². The van der Waals surface area contributed by atoms with Crippen molar-refractivity contribution >= 4 is 27.8 Å². The number of ether oxygens (including phenoxy) is 1. The van der Waals surface area contributed by atoms with Crippen molar-refractivity contribution in [1.29, 1.82) is 0 Å².